The number of nitrogens with zero attached hydrogens (tertiary/aromatic N) is 1. The zero-order valence-electron chi connectivity index (χ0n) is 11.9. The number of hydrogen-bond donors (Lipinski definition) is 2. The van der Waals surface area contributed by atoms with Gasteiger partial charge in [0.05, 0.1) is 4.92 Å². The number of benzene rings is 1. The SMILES string of the molecule is CCC(CC)(CO)CNCc1cc(Br)ccc1[N+](=O)[O-]. The van der Waals surface area contributed by atoms with Gasteiger partial charge in [-0.2, -0.15) is 0 Å². The molecule has 112 valence electrons. The molecule has 0 heterocycles. The maximum Gasteiger partial charge on any atom is 0.273 e. The smallest absolute Gasteiger partial charge is 0.273 e. The predicted molar refractivity (Wildman–Crippen MR) is 82.6 cm³/mol. The summed E-state index contributed by atoms with van der Waals surface area (Å²) in [6, 6.07) is 4.92. The second-order valence-corrected chi connectivity index (χ2v) is 5.91. The largest absolute Gasteiger partial charge is 0.396 e. The van der Waals surface area contributed by atoms with E-state index in [-0.39, 0.29) is 22.6 Å². The van der Waals surface area contributed by atoms with Crippen molar-refractivity contribution < 1.29 is 10.0 Å². The van der Waals surface area contributed by atoms with Gasteiger partial charge >= 0.3 is 0 Å². The van der Waals surface area contributed by atoms with Gasteiger partial charge in [0.2, 0.25) is 0 Å². The van der Waals surface area contributed by atoms with E-state index >= 15 is 0 Å². The molecule has 0 aliphatic heterocycles. The van der Waals surface area contributed by atoms with Crippen molar-refractivity contribution in [3.05, 3.63) is 38.3 Å². The quantitative estimate of drug-likeness (QED) is 0.560. The van der Waals surface area contributed by atoms with Crippen molar-refractivity contribution in [3.8, 4) is 0 Å². The third-order valence-electron chi connectivity index (χ3n) is 3.89. The van der Waals surface area contributed by atoms with Gasteiger partial charge in [-0.05, 0) is 25.0 Å². The summed E-state index contributed by atoms with van der Waals surface area (Å²) in [6.07, 6.45) is 1.74. The molecule has 6 heteroatoms. The van der Waals surface area contributed by atoms with Crippen LogP contribution in [-0.4, -0.2) is 23.2 Å². The summed E-state index contributed by atoms with van der Waals surface area (Å²) >= 11 is 3.33. The van der Waals surface area contributed by atoms with E-state index in [9.17, 15) is 15.2 Å². The van der Waals surface area contributed by atoms with Crippen LogP contribution in [-0.2, 0) is 6.54 Å². The van der Waals surface area contributed by atoms with Gasteiger partial charge in [0, 0.05) is 41.2 Å². The summed E-state index contributed by atoms with van der Waals surface area (Å²) in [4.78, 5) is 10.6. The molecule has 0 fully saturated rings. The maximum absolute atomic E-state index is 11.0. The molecule has 0 radical (unpaired) electrons. The fraction of sp³-hybridized carbons (Fsp3) is 0.571. The van der Waals surface area contributed by atoms with Crippen molar-refractivity contribution >= 4 is 21.6 Å². The Hall–Kier alpha value is -0.980. The van der Waals surface area contributed by atoms with Crippen LogP contribution in [0.15, 0.2) is 22.7 Å². The van der Waals surface area contributed by atoms with Gasteiger partial charge in [-0.15, -0.1) is 0 Å². The molecule has 1 aromatic rings. The minimum Gasteiger partial charge on any atom is -0.396 e. The molecule has 5 nitrogen and oxygen atoms in total. The van der Waals surface area contributed by atoms with Gasteiger partial charge in [0.25, 0.3) is 5.69 Å². The summed E-state index contributed by atoms with van der Waals surface area (Å²) < 4.78 is 0.819. The van der Waals surface area contributed by atoms with Crippen molar-refractivity contribution in [1.29, 1.82) is 0 Å². The van der Waals surface area contributed by atoms with E-state index in [4.69, 9.17) is 0 Å². The lowest BCUT2D eigenvalue weighted by Gasteiger charge is -2.29. The van der Waals surface area contributed by atoms with E-state index in [1.165, 1.54) is 6.07 Å². The molecule has 0 spiro atoms. The highest BCUT2D eigenvalue weighted by Gasteiger charge is 2.25. The van der Waals surface area contributed by atoms with E-state index in [1.807, 2.05) is 13.8 Å². The molecule has 0 atom stereocenters. The molecule has 1 rings (SSSR count). The van der Waals surface area contributed by atoms with Crippen LogP contribution in [0.1, 0.15) is 32.3 Å². The molecule has 0 saturated carbocycles. The van der Waals surface area contributed by atoms with Crippen LogP contribution in [0.4, 0.5) is 5.69 Å². The predicted octanol–water partition coefficient (Wildman–Crippen LogP) is 3.25. The van der Waals surface area contributed by atoms with E-state index in [0.29, 0.717) is 18.7 Å². The number of aliphatic hydroxyl groups is 1. The van der Waals surface area contributed by atoms with E-state index < -0.39 is 0 Å². The first-order valence-electron chi connectivity index (χ1n) is 6.72. The van der Waals surface area contributed by atoms with Crippen LogP contribution < -0.4 is 5.32 Å². The van der Waals surface area contributed by atoms with Crippen molar-refractivity contribution in [3.63, 3.8) is 0 Å². The standard InChI is InChI=1S/C14H21BrN2O3/c1-3-14(4-2,10-18)9-16-8-11-7-12(15)5-6-13(11)17(19)20/h5-7,16,18H,3-4,8-10H2,1-2H3. The monoisotopic (exact) mass is 344 g/mol. The Labute approximate surface area is 127 Å². The maximum atomic E-state index is 11.0. The van der Waals surface area contributed by atoms with Gasteiger partial charge in [0.1, 0.15) is 0 Å². The van der Waals surface area contributed by atoms with Crippen molar-refractivity contribution in [2.24, 2.45) is 5.41 Å². The topological polar surface area (TPSA) is 75.4 Å². The summed E-state index contributed by atoms with van der Waals surface area (Å²) in [5.74, 6) is 0. The first-order chi connectivity index (χ1) is 9.48. The van der Waals surface area contributed by atoms with Gasteiger partial charge in [-0.1, -0.05) is 29.8 Å². The second-order valence-electron chi connectivity index (χ2n) is 5.00. The van der Waals surface area contributed by atoms with Gasteiger partial charge in [0.15, 0.2) is 0 Å². The molecule has 0 aromatic heterocycles. The molecular formula is C14H21BrN2O3. The lowest BCUT2D eigenvalue weighted by atomic mass is 9.83. The molecule has 2 N–H and O–H groups in total. The van der Waals surface area contributed by atoms with E-state index in [1.54, 1.807) is 12.1 Å². The Bertz CT molecular complexity index is 453. The second kappa shape index (κ2) is 7.71. The van der Waals surface area contributed by atoms with Gasteiger partial charge in [-0.3, -0.25) is 10.1 Å². The molecule has 0 aliphatic carbocycles. The van der Waals surface area contributed by atoms with Crippen LogP contribution in [0.25, 0.3) is 0 Å². The highest BCUT2D eigenvalue weighted by atomic mass is 79.9. The number of nitro benzene ring substituents is 1. The number of hydrogen-bond acceptors (Lipinski definition) is 4. The zero-order valence-corrected chi connectivity index (χ0v) is 13.4. The molecule has 0 bridgehead atoms. The number of nitro groups is 1. The van der Waals surface area contributed by atoms with Crippen LogP contribution in [0.2, 0.25) is 0 Å². The van der Waals surface area contributed by atoms with Crippen LogP contribution in [0, 0.1) is 15.5 Å². The molecule has 0 amide bonds. The summed E-state index contributed by atoms with van der Waals surface area (Å²) in [5.41, 5.74) is 0.604. The third-order valence-corrected chi connectivity index (χ3v) is 4.38. The number of rotatable bonds is 8. The number of halogens is 1. The van der Waals surface area contributed by atoms with Crippen molar-refractivity contribution in [2.75, 3.05) is 13.2 Å². The van der Waals surface area contributed by atoms with Gasteiger partial charge < -0.3 is 10.4 Å². The Morgan fingerprint density at radius 3 is 2.55 bits per heavy atom. The highest BCUT2D eigenvalue weighted by Crippen LogP contribution is 2.26. The lowest BCUT2D eigenvalue weighted by Crippen LogP contribution is -2.36. The number of nitrogens with one attached hydrogen (secondary N) is 1. The van der Waals surface area contributed by atoms with Gasteiger partial charge in [-0.25, -0.2) is 0 Å². The third kappa shape index (κ3) is 4.26. The fourth-order valence-corrected chi connectivity index (χ4v) is 2.52. The number of aliphatic hydroxyl groups excluding tert-OH is 1. The minimum absolute atomic E-state index is 0.114. The first-order valence-corrected chi connectivity index (χ1v) is 7.51. The Balaban J connectivity index is 2.75. The molecule has 0 aliphatic rings. The normalized spacial score (nSPS) is 11.6. The molecular weight excluding hydrogens is 324 g/mol. The fourth-order valence-electron chi connectivity index (χ4n) is 2.12. The molecule has 0 saturated heterocycles. The van der Waals surface area contributed by atoms with E-state index in [0.717, 1.165) is 17.3 Å². The average Bonchev–Trinajstić information content (AvgIpc) is 2.44. The first kappa shape index (κ1) is 17.1. The van der Waals surface area contributed by atoms with Crippen LogP contribution >= 0.6 is 15.9 Å². The zero-order chi connectivity index (χ0) is 15.2. The molecule has 1 aromatic carbocycles. The van der Waals surface area contributed by atoms with Crippen molar-refractivity contribution in [1.82, 2.24) is 5.32 Å². The van der Waals surface area contributed by atoms with Crippen LogP contribution in [0.5, 0.6) is 0 Å². The Morgan fingerprint density at radius 1 is 1.40 bits per heavy atom. The Morgan fingerprint density at radius 2 is 2.05 bits per heavy atom. The Kier molecular flexibility index (Phi) is 6.58. The minimum atomic E-state index is -0.373. The summed E-state index contributed by atoms with van der Waals surface area (Å²) in [7, 11) is 0. The molecule has 0 unspecified atom stereocenters. The summed E-state index contributed by atoms with van der Waals surface area (Å²) in [6.45, 7) is 5.26. The van der Waals surface area contributed by atoms with Crippen molar-refractivity contribution in [2.45, 2.75) is 33.2 Å². The molecule has 20 heavy (non-hydrogen) atoms. The van der Waals surface area contributed by atoms with Crippen LogP contribution in [0.3, 0.4) is 0 Å². The highest BCUT2D eigenvalue weighted by molar-refractivity contribution is 9.10. The lowest BCUT2D eigenvalue weighted by molar-refractivity contribution is -0.385. The summed E-state index contributed by atoms with van der Waals surface area (Å²) in [5, 5.41) is 23.7. The van der Waals surface area contributed by atoms with E-state index in [2.05, 4.69) is 21.2 Å². The average molecular weight is 345 g/mol.